The lowest BCUT2D eigenvalue weighted by Crippen LogP contribution is -2.49. The molecule has 4 rings (SSSR count). The molecule has 0 saturated carbocycles. The number of aromatic nitrogens is 4. The Balaban J connectivity index is 1.30. The van der Waals surface area contributed by atoms with E-state index in [0.29, 0.717) is 45.4 Å². The highest BCUT2D eigenvalue weighted by molar-refractivity contribution is 5.77. The van der Waals surface area contributed by atoms with Crippen molar-refractivity contribution in [2.24, 2.45) is 0 Å². The van der Waals surface area contributed by atoms with Crippen molar-refractivity contribution in [2.75, 3.05) is 49.1 Å². The number of hydrogen-bond acceptors (Lipinski definition) is 8. The van der Waals surface area contributed by atoms with E-state index < -0.39 is 41.2 Å². The Labute approximate surface area is 225 Å². The fourth-order valence-electron chi connectivity index (χ4n) is 4.90. The summed E-state index contributed by atoms with van der Waals surface area (Å²) in [5.41, 5.74) is -3.86. The molecular formula is C24H29F6N7O3. The third kappa shape index (κ3) is 7.01. The van der Waals surface area contributed by atoms with Crippen LogP contribution in [0, 0.1) is 0 Å². The van der Waals surface area contributed by atoms with Crippen molar-refractivity contribution in [3.63, 3.8) is 0 Å². The monoisotopic (exact) mass is 577 g/mol. The summed E-state index contributed by atoms with van der Waals surface area (Å²) >= 11 is 0. The van der Waals surface area contributed by atoms with Crippen LogP contribution in [0.1, 0.15) is 43.7 Å². The topological polar surface area (TPSA) is 108 Å². The maximum absolute atomic E-state index is 13.6. The molecule has 2 fully saturated rings. The molecule has 2 aliphatic heterocycles. The van der Waals surface area contributed by atoms with Crippen LogP contribution in [0.25, 0.3) is 0 Å². The summed E-state index contributed by atoms with van der Waals surface area (Å²) in [6.07, 6.45) is -6.05. The van der Waals surface area contributed by atoms with Crippen LogP contribution in [0.15, 0.2) is 23.4 Å². The van der Waals surface area contributed by atoms with Crippen molar-refractivity contribution in [2.45, 2.75) is 57.2 Å². The fourth-order valence-corrected chi connectivity index (χ4v) is 4.90. The zero-order valence-corrected chi connectivity index (χ0v) is 21.6. The Morgan fingerprint density at radius 1 is 1.02 bits per heavy atom. The minimum Gasteiger partial charge on any atom is -0.373 e. The molecule has 0 radical (unpaired) electrons. The lowest BCUT2D eigenvalue weighted by molar-refractivity contribution is -0.139. The van der Waals surface area contributed by atoms with Gasteiger partial charge < -0.3 is 19.4 Å². The number of anilines is 2. The van der Waals surface area contributed by atoms with Crippen molar-refractivity contribution in [1.82, 2.24) is 25.1 Å². The molecule has 2 aromatic rings. The molecule has 1 N–H and O–H groups in total. The third-order valence-electron chi connectivity index (χ3n) is 6.86. The SMILES string of the molecule is CCCN(CC1CCC(CC(=O)N2CCN(c3ncc(C(F)(F)F)cn3)CC2)O1)c1cn[nH]c(=O)c1C(F)(F)F. The molecule has 0 aliphatic carbocycles. The molecule has 40 heavy (non-hydrogen) atoms. The summed E-state index contributed by atoms with van der Waals surface area (Å²) in [5, 5.41) is 5.39. The van der Waals surface area contributed by atoms with E-state index in [9.17, 15) is 35.9 Å². The number of H-pyrrole nitrogens is 1. The number of nitrogens with one attached hydrogen (secondary N) is 1. The normalized spacial score (nSPS) is 20.2. The number of rotatable bonds is 8. The predicted molar refractivity (Wildman–Crippen MR) is 131 cm³/mol. The van der Waals surface area contributed by atoms with Crippen molar-refractivity contribution < 1.29 is 35.9 Å². The van der Waals surface area contributed by atoms with Crippen LogP contribution in [-0.4, -0.2) is 82.4 Å². The number of carbonyl (C=O) groups excluding carboxylic acids is 1. The maximum atomic E-state index is 13.6. The smallest absolute Gasteiger partial charge is 0.373 e. The van der Waals surface area contributed by atoms with Gasteiger partial charge in [0.1, 0.15) is 5.56 Å². The number of ether oxygens (including phenoxy) is 1. The zero-order valence-electron chi connectivity index (χ0n) is 21.6. The van der Waals surface area contributed by atoms with E-state index in [4.69, 9.17) is 4.74 Å². The molecule has 220 valence electrons. The first kappa shape index (κ1) is 29.6. The van der Waals surface area contributed by atoms with Crippen molar-refractivity contribution in [3.8, 4) is 0 Å². The second kappa shape index (κ2) is 12.0. The van der Waals surface area contributed by atoms with Crippen LogP contribution >= 0.6 is 0 Å². The summed E-state index contributed by atoms with van der Waals surface area (Å²) in [5.74, 6) is 0.00481. The van der Waals surface area contributed by atoms with Crippen LogP contribution in [0.2, 0.25) is 0 Å². The summed E-state index contributed by atoms with van der Waals surface area (Å²) in [4.78, 5) is 37.2. The van der Waals surface area contributed by atoms with Crippen LogP contribution in [-0.2, 0) is 21.9 Å². The molecule has 2 unspecified atom stereocenters. The number of carbonyl (C=O) groups is 1. The minimum atomic E-state index is -4.86. The van der Waals surface area contributed by atoms with E-state index in [0.717, 1.165) is 18.6 Å². The molecule has 2 aromatic heterocycles. The van der Waals surface area contributed by atoms with Crippen LogP contribution < -0.4 is 15.4 Å². The molecule has 0 bridgehead atoms. The highest BCUT2D eigenvalue weighted by Crippen LogP contribution is 2.34. The van der Waals surface area contributed by atoms with Crippen molar-refractivity contribution >= 4 is 17.5 Å². The maximum Gasteiger partial charge on any atom is 0.423 e. The number of halogens is 6. The molecule has 2 atom stereocenters. The van der Waals surface area contributed by atoms with E-state index >= 15 is 0 Å². The summed E-state index contributed by atoms with van der Waals surface area (Å²) in [6.45, 7) is 3.54. The quantitative estimate of drug-likeness (QED) is 0.477. The van der Waals surface area contributed by atoms with Crippen LogP contribution in [0.4, 0.5) is 38.0 Å². The molecule has 2 saturated heterocycles. The number of piperazine rings is 1. The first-order chi connectivity index (χ1) is 18.9. The summed E-state index contributed by atoms with van der Waals surface area (Å²) in [6, 6.07) is 0. The van der Waals surface area contributed by atoms with Crippen molar-refractivity contribution in [1.29, 1.82) is 0 Å². The number of aromatic amines is 1. The fraction of sp³-hybridized carbons (Fsp3) is 0.625. The van der Waals surface area contributed by atoms with Gasteiger partial charge in [0.15, 0.2) is 0 Å². The number of hydrogen-bond donors (Lipinski definition) is 1. The van der Waals surface area contributed by atoms with Gasteiger partial charge >= 0.3 is 12.4 Å². The van der Waals surface area contributed by atoms with E-state index in [1.165, 1.54) is 4.90 Å². The number of amides is 1. The van der Waals surface area contributed by atoms with Gasteiger partial charge in [-0.15, -0.1) is 0 Å². The first-order valence-electron chi connectivity index (χ1n) is 12.8. The van der Waals surface area contributed by atoms with Gasteiger partial charge in [0.25, 0.3) is 5.56 Å². The lowest BCUT2D eigenvalue weighted by Gasteiger charge is -2.35. The molecule has 10 nitrogen and oxygen atoms in total. The van der Waals surface area contributed by atoms with Crippen molar-refractivity contribution in [3.05, 3.63) is 40.1 Å². The Hall–Kier alpha value is -3.43. The molecular weight excluding hydrogens is 548 g/mol. The Morgan fingerprint density at radius 3 is 2.27 bits per heavy atom. The van der Waals surface area contributed by atoms with Crippen LogP contribution in [0.3, 0.4) is 0 Å². The highest BCUT2D eigenvalue weighted by atomic mass is 19.4. The molecule has 1 amide bonds. The zero-order chi connectivity index (χ0) is 29.1. The molecule has 0 aromatic carbocycles. The minimum absolute atomic E-state index is 0.0986. The van der Waals surface area contributed by atoms with Gasteiger partial charge in [-0.3, -0.25) is 9.59 Å². The number of alkyl halides is 6. The molecule has 4 heterocycles. The first-order valence-corrected chi connectivity index (χ1v) is 12.8. The van der Waals surface area contributed by atoms with Gasteiger partial charge in [-0.25, -0.2) is 15.1 Å². The van der Waals surface area contributed by atoms with Gasteiger partial charge in [-0.05, 0) is 19.3 Å². The Bertz CT molecular complexity index is 1210. The van der Waals surface area contributed by atoms with Gasteiger partial charge in [0, 0.05) is 51.7 Å². The lowest BCUT2D eigenvalue weighted by atomic mass is 10.1. The molecule has 2 aliphatic rings. The van der Waals surface area contributed by atoms with E-state index in [1.54, 1.807) is 16.7 Å². The van der Waals surface area contributed by atoms with E-state index in [-0.39, 0.29) is 37.1 Å². The Kier molecular flexibility index (Phi) is 8.85. The van der Waals surface area contributed by atoms with E-state index in [1.807, 2.05) is 5.10 Å². The predicted octanol–water partition coefficient (Wildman–Crippen LogP) is 3.10. The van der Waals surface area contributed by atoms with Gasteiger partial charge in [0.05, 0.1) is 36.1 Å². The number of nitrogens with zero attached hydrogens (tertiary/aromatic N) is 6. The van der Waals surface area contributed by atoms with Gasteiger partial charge in [-0.1, -0.05) is 6.92 Å². The summed E-state index contributed by atoms with van der Waals surface area (Å²) < 4.78 is 85.0. The van der Waals surface area contributed by atoms with E-state index in [2.05, 4.69) is 15.1 Å². The Morgan fingerprint density at radius 2 is 1.68 bits per heavy atom. The molecule has 0 spiro atoms. The largest absolute Gasteiger partial charge is 0.423 e. The van der Waals surface area contributed by atoms with Gasteiger partial charge in [0.2, 0.25) is 11.9 Å². The standard InChI is InChI=1S/C24H29F6N7O3/c1-2-5-37(18-13-33-34-21(39)20(18)24(28,29)30)14-17-4-3-16(40-17)10-19(38)35-6-8-36(9-7-35)22-31-11-15(12-32-22)23(25,26)27/h11-13,16-17H,2-10,14H2,1H3,(H,34,39). The average Bonchev–Trinajstić information content (AvgIpc) is 3.34. The third-order valence-corrected chi connectivity index (χ3v) is 6.86. The van der Waals surface area contributed by atoms with Crippen LogP contribution in [0.5, 0.6) is 0 Å². The second-order valence-electron chi connectivity index (χ2n) is 9.70. The average molecular weight is 578 g/mol. The summed E-state index contributed by atoms with van der Waals surface area (Å²) in [7, 11) is 0. The molecule has 16 heteroatoms. The van der Waals surface area contributed by atoms with Gasteiger partial charge in [-0.2, -0.15) is 31.4 Å². The highest BCUT2D eigenvalue weighted by Gasteiger charge is 2.40. The second-order valence-corrected chi connectivity index (χ2v) is 9.70.